The molecule has 0 amide bonds. The standard InChI is InChI=1S/C24H21F2N3O4/c1-12-5-4-6-16(21(12)25)23-18(30)8-7-15(27-23)10-17-13(2)9-19(22(26)14(17)3)32-11-20-28-24(31)33-29-20/h4-9,30H,10-11H2,1-3H3,(H,28,29,31). The number of hydrogen-bond donors (Lipinski definition) is 2. The zero-order valence-corrected chi connectivity index (χ0v) is 18.2. The van der Waals surface area contributed by atoms with Crippen molar-refractivity contribution in [2.24, 2.45) is 0 Å². The number of H-pyrrole nitrogens is 1. The molecule has 0 radical (unpaired) electrons. The van der Waals surface area contributed by atoms with E-state index in [2.05, 4.69) is 19.6 Å². The summed E-state index contributed by atoms with van der Waals surface area (Å²) in [5, 5.41) is 13.8. The molecule has 0 saturated carbocycles. The van der Waals surface area contributed by atoms with Gasteiger partial charge in [-0.25, -0.2) is 18.6 Å². The fourth-order valence-electron chi connectivity index (χ4n) is 3.61. The smallest absolute Gasteiger partial charge is 0.439 e. The van der Waals surface area contributed by atoms with Gasteiger partial charge in [-0.1, -0.05) is 17.3 Å². The van der Waals surface area contributed by atoms with Crippen molar-refractivity contribution in [3.63, 3.8) is 0 Å². The van der Waals surface area contributed by atoms with E-state index in [0.717, 1.165) is 5.56 Å². The minimum atomic E-state index is -0.719. The molecule has 2 heterocycles. The van der Waals surface area contributed by atoms with Gasteiger partial charge >= 0.3 is 5.76 Å². The Morgan fingerprint density at radius 1 is 1.09 bits per heavy atom. The highest BCUT2D eigenvalue weighted by Crippen LogP contribution is 2.33. The van der Waals surface area contributed by atoms with Gasteiger partial charge in [-0.2, -0.15) is 0 Å². The van der Waals surface area contributed by atoms with E-state index in [9.17, 15) is 14.3 Å². The lowest BCUT2D eigenvalue weighted by molar-refractivity contribution is 0.271. The predicted octanol–water partition coefficient (Wildman–Crippen LogP) is 4.50. The largest absolute Gasteiger partial charge is 0.506 e. The van der Waals surface area contributed by atoms with Gasteiger partial charge in [-0.05, 0) is 67.3 Å². The quantitative estimate of drug-likeness (QED) is 0.446. The zero-order valence-electron chi connectivity index (χ0n) is 18.2. The number of rotatable bonds is 6. The van der Waals surface area contributed by atoms with E-state index in [1.54, 1.807) is 44.2 Å². The molecule has 0 bridgehead atoms. The Kier molecular flexibility index (Phi) is 5.95. The Hall–Kier alpha value is -4.01. The van der Waals surface area contributed by atoms with Gasteiger partial charge in [0.15, 0.2) is 17.4 Å². The van der Waals surface area contributed by atoms with Crippen molar-refractivity contribution in [2.45, 2.75) is 33.8 Å². The number of aromatic amines is 1. The Balaban J connectivity index is 1.63. The molecule has 2 aromatic heterocycles. The normalized spacial score (nSPS) is 11.1. The second kappa shape index (κ2) is 8.85. The van der Waals surface area contributed by atoms with Gasteiger partial charge in [-0.3, -0.25) is 9.51 Å². The Morgan fingerprint density at radius 3 is 2.61 bits per heavy atom. The summed E-state index contributed by atoms with van der Waals surface area (Å²) in [5.41, 5.74) is 3.15. The molecule has 4 aromatic rings. The van der Waals surface area contributed by atoms with E-state index < -0.39 is 17.4 Å². The van der Waals surface area contributed by atoms with Crippen molar-refractivity contribution in [1.82, 2.24) is 15.1 Å². The predicted molar refractivity (Wildman–Crippen MR) is 116 cm³/mol. The lowest BCUT2D eigenvalue weighted by Gasteiger charge is -2.15. The molecule has 0 atom stereocenters. The molecule has 33 heavy (non-hydrogen) atoms. The van der Waals surface area contributed by atoms with Crippen LogP contribution in [0.5, 0.6) is 11.5 Å². The van der Waals surface area contributed by atoms with E-state index in [4.69, 9.17) is 4.74 Å². The first-order valence-electron chi connectivity index (χ1n) is 10.1. The number of aryl methyl sites for hydroxylation is 2. The number of hydrogen-bond acceptors (Lipinski definition) is 6. The van der Waals surface area contributed by atoms with Crippen LogP contribution in [0, 0.1) is 32.4 Å². The van der Waals surface area contributed by atoms with Gasteiger partial charge in [0, 0.05) is 17.7 Å². The molecule has 0 unspecified atom stereocenters. The van der Waals surface area contributed by atoms with Crippen molar-refractivity contribution < 1.29 is 23.1 Å². The molecule has 2 N–H and O–H groups in total. The number of benzene rings is 2. The van der Waals surface area contributed by atoms with E-state index in [0.29, 0.717) is 22.4 Å². The van der Waals surface area contributed by atoms with Crippen LogP contribution in [-0.4, -0.2) is 20.2 Å². The maximum absolute atomic E-state index is 15.0. The molecule has 170 valence electrons. The molecular weight excluding hydrogens is 432 g/mol. The highest BCUT2D eigenvalue weighted by atomic mass is 19.1. The van der Waals surface area contributed by atoms with Crippen molar-refractivity contribution in [2.75, 3.05) is 0 Å². The third-order valence-electron chi connectivity index (χ3n) is 5.41. The number of aromatic nitrogens is 3. The van der Waals surface area contributed by atoms with Gasteiger partial charge in [0.2, 0.25) is 0 Å². The summed E-state index contributed by atoms with van der Waals surface area (Å²) in [6.45, 7) is 4.92. The first-order valence-corrected chi connectivity index (χ1v) is 10.1. The summed E-state index contributed by atoms with van der Waals surface area (Å²) in [7, 11) is 0. The molecule has 7 nitrogen and oxygen atoms in total. The number of nitrogens with zero attached hydrogens (tertiary/aromatic N) is 2. The van der Waals surface area contributed by atoms with Crippen LogP contribution in [0.25, 0.3) is 11.3 Å². The third kappa shape index (κ3) is 4.48. The Morgan fingerprint density at radius 2 is 1.88 bits per heavy atom. The number of halogens is 2. The van der Waals surface area contributed by atoms with Crippen LogP contribution < -0.4 is 10.5 Å². The highest BCUT2D eigenvalue weighted by Gasteiger charge is 2.18. The summed E-state index contributed by atoms with van der Waals surface area (Å²) >= 11 is 0. The molecule has 0 aliphatic heterocycles. The van der Waals surface area contributed by atoms with Crippen LogP contribution in [0.2, 0.25) is 0 Å². The Bertz CT molecular complexity index is 1400. The average Bonchev–Trinajstić information content (AvgIpc) is 3.21. The topological polar surface area (TPSA) is 101 Å². The van der Waals surface area contributed by atoms with Crippen LogP contribution in [0.15, 0.2) is 45.7 Å². The molecule has 0 spiro atoms. The van der Waals surface area contributed by atoms with Crippen LogP contribution in [0.4, 0.5) is 8.78 Å². The highest BCUT2D eigenvalue weighted by molar-refractivity contribution is 5.67. The molecular formula is C24H21F2N3O4. The molecule has 9 heteroatoms. The van der Waals surface area contributed by atoms with Crippen LogP contribution in [-0.2, 0) is 13.0 Å². The molecule has 2 aromatic carbocycles. The molecule has 4 rings (SSSR count). The van der Waals surface area contributed by atoms with E-state index in [-0.39, 0.29) is 41.6 Å². The van der Waals surface area contributed by atoms with Gasteiger partial charge < -0.3 is 9.84 Å². The van der Waals surface area contributed by atoms with Crippen molar-refractivity contribution in [1.29, 1.82) is 0 Å². The van der Waals surface area contributed by atoms with Gasteiger partial charge in [0.1, 0.15) is 23.9 Å². The van der Waals surface area contributed by atoms with Gasteiger partial charge in [0.25, 0.3) is 0 Å². The fourth-order valence-corrected chi connectivity index (χ4v) is 3.61. The van der Waals surface area contributed by atoms with Crippen LogP contribution >= 0.6 is 0 Å². The van der Waals surface area contributed by atoms with E-state index in [1.165, 1.54) is 6.07 Å². The van der Waals surface area contributed by atoms with Gasteiger partial charge in [0.05, 0.1) is 0 Å². The van der Waals surface area contributed by atoms with Crippen molar-refractivity contribution in [3.05, 3.63) is 92.4 Å². The van der Waals surface area contributed by atoms with Crippen LogP contribution in [0.1, 0.15) is 33.8 Å². The maximum atomic E-state index is 15.0. The fraction of sp³-hybridized carbons (Fsp3) is 0.208. The summed E-state index contributed by atoms with van der Waals surface area (Å²) in [6, 6.07) is 9.51. The zero-order chi connectivity index (χ0) is 23.7. The SMILES string of the molecule is Cc1cccc(-c2nc(Cc3c(C)cc(OCc4noc(=O)[nH]4)c(F)c3C)ccc2O)c1F. The number of pyridine rings is 1. The summed E-state index contributed by atoms with van der Waals surface area (Å²) < 4.78 is 39.5. The second-order valence-corrected chi connectivity index (χ2v) is 7.72. The van der Waals surface area contributed by atoms with Crippen LogP contribution in [0.3, 0.4) is 0 Å². The number of aromatic hydroxyl groups is 1. The lowest BCUT2D eigenvalue weighted by atomic mass is 9.96. The van der Waals surface area contributed by atoms with Crippen molar-refractivity contribution in [3.8, 4) is 22.8 Å². The summed E-state index contributed by atoms with van der Waals surface area (Å²) in [5.74, 6) is -1.71. The van der Waals surface area contributed by atoms with Crippen molar-refractivity contribution >= 4 is 0 Å². The Labute approximate surface area is 187 Å². The minimum absolute atomic E-state index is 0.0128. The third-order valence-corrected chi connectivity index (χ3v) is 5.41. The molecule has 0 fully saturated rings. The van der Waals surface area contributed by atoms with Gasteiger partial charge in [-0.15, -0.1) is 0 Å². The monoisotopic (exact) mass is 453 g/mol. The minimum Gasteiger partial charge on any atom is -0.506 e. The molecule has 0 aliphatic carbocycles. The average molecular weight is 453 g/mol. The molecule has 0 saturated heterocycles. The second-order valence-electron chi connectivity index (χ2n) is 7.72. The summed E-state index contributed by atoms with van der Waals surface area (Å²) in [6.07, 6.45) is 0.270. The first kappa shape index (κ1) is 22.2. The lowest BCUT2D eigenvalue weighted by Crippen LogP contribution is -2.06. The summed E-state index contributed by atoms with van der Waals surface area (Å²) in [4.78, 5) is 17.8. The van der Waals surface area contributed by atoms with E-state index >= 15 is 4.39 Å². The molecule has 0 aliphatic rings. The first-order chi connectivity index (χ1) is 15.7. The number of ether oxygens (including phenoxy) is 1. The number of nitrogens with one attached hydrogen (secondary N) is 1. The maximum Gasteiger partial charge on any atom is 0.439 e. The van der Waals surface area contributed by atoms with E-state index in [1.807, 2.05) is 6.92 Å².